The number of halogens is 4. The molecule has 5 heteroatoms. The average Bonchev–Trinajstić information content (AvgIpc) is 2.45. The van der Waals surface area contributed by atoms with Gasteiger partial charge in [0.15, 0.2) is 0 Å². The van der Waals surface area contributed by atoms with Gasteiger partial charge in [0, 0.05) is 6.54 Å². The lowest BCUT2D eigenvalue weighted by Crippen LogP contribution is -2.15. The summed E-state index contributed by atoms with van der Waals surface area (Å²) in [6.45, 7) is 2.32. The van der Waals surface area contributed by atoms with Crippen LogP contribution in [0.5, 0.6) is 0 Å². The van der Waals surface area contributed by atoms with E-state index in [1.807, 2.05) is 37.3 Å². The second-order valence-corrected chi connectivity index (χ2v) is 5.26. The maximum Gasteiger partial charge on any atom is 0.418 e. The highest BCUT2D eigenvalue weighted by molar-refractivity contribution is 6.33. The van der Waals surface area contributed by atoms with Crippen molar-refractivity contribution in [1.29, 1.82) is 0 Å². The summed E-state index contributed by atoms with van der Waals surface area (Å²) < 4.78 is 38.9. The summed E-state index contributed by atoms with van der Waals surface area (Å²) in [6, 6.07) is 13.4. The molecule has 2 rings (SSSR count). The molecule has 0 bridgehead atoms. The van der Waals surface area contributed by atoms with Gasteiger partial charge < -0.3 is 5.32 Å². The first-order chi connectivity index (χ1) is 9.89. The molecule has 0 aliphatic rings. The molecule has 112 valence electrons. The van der Waals surface area contributed by atoms with E-state index in [1.54, 1.807) is 0 Å². The molecule has 21 heavy (non-hydrogen) atoms. The van der Waals surface area contributed by atoms with Crippen molar-refractivity contribution in [3.63, 3.8) is 0 Å². The Morgan fingerprint density at radius 3 is 2.33 bits per heavy atom. The molecule has 2 aromatic rings. The van der Waals surface area contributed by atoms with Gasteiger partial charge in [-0.1, -0.05) is 54.9 Å². The Labute approximate surface area is 126 Å². The highest BCUT2D eigenvalue weighted by atomic mass is 35.5. The molecule has 1 nitrogen and oxygen atoms in total. The Bertz CT molecular complexity index is 596. The summed E-state index contributed by atoms with van der Waals surface area (Å²) in [6.07, 6.45) is -4.43. The fourth-order valence-electron chi connectivity index (χ4n) is 2.09. The van der Waals surface area contributed by atoms with Gasteiger partial charge in [0.05, 0.1) is 16.3 Å². The van der Waals surface area contributed by atoms with Gasteiger partial charge in [-0.3, -0.25) is 0 Å². The van der Waals surface area contributed by atoms with Crippen molar-refractivity contribution < 1.29 is 13.2 Å². The van der Waals surface area contributed by atoms with Gasteiger partial charge in [-0.05, 0) is 23.6 Å². The quantitative estimate of drug-likeness (QED) is 0.777. The zero-order valence-corrected chi connectivity index (χ0v) is 12.2. The van der Waals surface area contributed by atoms with Crippen LogP contribution in [0.15, 0.2) is 48.5 Å². The first-order valence-corrected chi connectivity index (χ1v) is 6.92. The van der Waals surface area contributed by atoms with Crippen LogP contribution >= 0.6 is 11.6 Å². The zero-order valence-electron chi connectivity index (χ0n) is 11.4. The van der Waals surface area contributed by atoms with Gasteiger partial charge in [-0.2, -0.15) is 13.2 Å². The standard InChI is InChI=1S/C16H15ClF3N/c1-11(12-6-3-2-4-7-12)10-21-15-13(16(18,19)20)8-5-9-14(15)17/h2-9,11,21H,10H2,1H3. The topological polar surface area (TPSA) is 12.0 Å². The minimum absolute atomic E-state index is 0.0607. The van der Waals surface area contributed by atoms with Crippen LogP contribution in [0.2, 0.25) is 5.02 Å². The van der Waals surface area contributed by atoms with Gasteiger partial charge in [-0.15, -0.1) is 0 Å². The van der Waals surface area contributed by atoms with E-state index in [-0.39, 0.29) is 16.6 Å². The van der Waals surface area contributed by atoms with Gasteiger partial charge in [0.1, 0.15) is 0 Å². The first-order valence-electron chi connectivity index (χ1n) is 6.54. The lowest BCUT2D eigenvalue weighted by Gasteiger charge is -2.19. The molecule has 0 amide bonds. The fourth-order valence-corrected chi connectivity index (χ4v) is 2.34. The van der Waals surface area contributed by atoms with Crippen LogP contribution in [0.25, 0.3) is 0 Å². The number of benzene rings is 2. The third-order valence-corrected chi connectivity index (χ3v) is 3.59. The van der Waals surface area contributed by atoms with Crippen molar-refractivity contribution in [2.24, 2.45) is 0 Å². The molecule has 0 spiro atoms. The minimum atomic E-state index is -4.43. The van der Waals surface area contributed by atoms with Crippen molar-refractivity contribution in [1.82, 2.24) is 0 Å². The Balaban J connectivity index is 2.17. The van der Waals surface area contributed by atoms with Crippen molar-refractivity contribution >= 4 is 17.3 Å². The SMILES string of the molecule is CC(CNc1c(Cl)cccc1C(F)(F)F)c1ccccc1. The Morgan fingerprint density at radius 2 is 1.71 bits per heavy atom. The maximum atomic E-state index is 13.0. The number of anilines is 1. The van der Waals surface area contributed by atoms with E-state index in [2.05, 4.69) is 5.32 Å². The second kappa shape index (κ2) is 6.39. The van der Waals surface area contributed by atoms with E-state index < -0.39 is 11.7 Å². The fraction of sp³-hybridized carbons (Fsp3) is 0.250. The Morgan fingerprint density at radius 1 is 1.05 bits per heavy atom. The largest absolute Gasteiger partial charge is 0.418 e. The van der Waals surface area contributed by atoms with Crippen LogP contribution < -0.4 is 5.32 Å². The summed E-state index contributed by atoms with van der Waals surface area (Å²) >= 11 is 5.90. The van der Waals surface area contributed by atoms with Crippen molar-refractivity contribution in [2.45, 2.75) is 19.0 Å². The van der Waals surface area contributed by atoms with Gasteiger partial charge in [0.2, 0.25) is 0 Å². The maximum absolute atomic E-state index is 13.0. The molecular weight excluding hydrogens is 299 g/mol. The highest BCUT2D eigenvalue weighted by Crippen LogP contribution is 2.38. The van der Waals surface area contributed by atoms with Crippen molar-refractivity contribution in [3.8, 4) is 0 Å². The van der Waals surface area contributed by atoms with E-state index in [4.69, 9.17) is 11.6 Å². The van der Waals surface area contributed by atoms with Crippen LogP contribution in [-0.4, -0.2) is 6.54 Å². The minimum Gasteiger partial charge on any atom is -0.383 e. The molecule has 0 saturated carbocycles. The summed E-state index contributed by atoms with van der Waals surface area (Å²) in [5, 5.41) is 2.91. The van der Waals surface area contributed by atoms with E-state index in [9.17, 15) is 13.2 Å². The molecule has 0 saturated heterocycles. The lowest BCUT2D eigenvalue weighted by atomic mass is 10.0. The van der Waals surface area contributed by atoms with Crippen LogP contribution in [0, 0.1) is 0 Å². The predicted octanol–water partition coefficient (Wildman–Crippen LogP) is 5.57. The van der Waals surface area contributed by atoms with E-state index >= 15 is 0 Å². The monoisotopic (exact) mass is 313 g/mol. The molecule has 0 heterocycles. The summed E-state index contributed by atoms with van der Waals surface area (Å²) in [4.78, 5) is 0. The molecule has 2 aromatic carbocycles. The lowest BCUT2D eigenvalue weighted by molar-refractivity contribution is -0.136. The number of alkyl halides is 3. The second-order valence-electron chi connectivity index (χ2n) is 4.85. The third kappa shape index (κ3) is 3.91. The molecule has 0 aliphatic carbocycles. The Kier molecular flexibility index (Phi) is 4.78. The number of hydrogen-bond acceptors (Lipinski definition) is 1. The van der Waals surface area contributed by atoms with Crippen molar-refractivity contribution in [2.75, 3.05) is 11.9 Å². The van der Waals surface area contributed by atoms with Gasteiger partial charge >= 0.3 is 6.18 Å². The molecule has 1 unspecified atom stereocenters. The first kappa shape index (κ1) is 15.7. The molecule has 1 N–H and O–H groups in total. The van der Waals surface area contributed by atoms with Crippen LogP contribution in [0.1, 0.15) is 24.0 Å². The summed E-state index contributed by atoms with van der Waals surface area (Å²) in [5.74, 6) is 0.0727. The van der Waals surface area contributed by atoms with Crippen LogP contribution in [-0.2, 0) is 6.18 Å². The molecule has 0 aliphatic heterocycles. The zero-order chi connectivity index (χ0) is 15.5. The highest BCUT2D eigenvalue weighted by Gasteiger charge is 2.34. The Hall–Kier alpha value is -1.68. The summed E-state index contributed by atoms with van der Waals surface area (Å²) in [5.41, 5.74) is 0.260. The number of para-hydroxylation sites is 1. The van der Waals surface area contributed by atoms with Crippen molar-refractivity contribution in [3.05, 3.63) is 64.7 Å². The smallest absolute Gasteiger partial charge is 0.383 e. The van der Waals surface area contributed by atoms with E-state index in [1.165, 1.54) is 12.1 Å². The normalized spacial score (nSPS) is 13.0. The molecule has 0 fully saturated rings. The van der Waals surface area contributed by atoms with Crippen LogP contribution in [0.4, 0.5) is 18.9 Å². The van der Waals surface area contributed by atoms with Gasteiger partial charge in [0.25, 0.3) is 0 Å². The molecule has 0 aromatic heterocycles. The van der Waals surface area contributed by atoms with E-state index in [0.29, 0.717) is 6.54 Å². The molecular formula is C16H15ClF3N. The van der Waals surface area contributed by atoms with E-state index in [0.717, 1.165) is 11.6 Å². The summed E-state index contributed by atoms with van der Waals surface area (Å²) in [7, 11) is 0. The third-order valence-electron chi connectivity index (χ3n) is 3.27. The number of hydrogen-bond donors (Lipinski definition) is 1. The predicted molar refractivity (Wildman–Crippen MR) is 79.8 cm³/mol. The van der Waals surface area contributed by atoms with Gasteiger partial charge in [-0.25, -0.2) is 0 Å². The average molecular weight is 314 g/mol. The number of rotatable bonds is 4. The molecule has 1 atom stereocenters. The van der Waals surface area contributed by atoms with Crippen LogP contribution in [0.3, 0.4) is 0 Å². The molecule has 0 radical (unpaired) electrons. The number of nitrogens with one attached hydrogen (secondary N) is 1.